The Kier molecular flexibility index (Phi) is 5.77. The Bertz CT molecular complexity index is 1040. The largest absolute Gasteiger partial charge is 0.460 e. The molecule has 2 amide bonds. The van der Waals surface area contributed by atoms with Crippen LogP contribution in [-0.4, -0.2) is 39.1 Å². The third-order valence-corrected chi connectivity index (χ3v) is 5.04. The summed E-state index contributed by atoms with van der Waals surface area (Å²) in [5.41, 5.74) is 1.68. The number of nitrogens with zero attached hydrogens (tertiary/aromatic N) is 1. The molecule has 0 spiro atoms. The Morgan fingerprint density at radius 1 is 1.16 bits per heavy atom. The molecule has 2 aromatic rings. The van der Waals surface area contributed by atoms with E-state index in [-0.39, 0.29) is 25.6 Å². The number of amides is 2. The van der Waals surface area contributed by atoms with Crippen molar-refractivity contribution in [1.82, 2.24) is 5.32 Å². The zero-order valence-corrected chi connectivity index (χ0v) is 17.0. The van der Waals surface area contributed by atoms with E-state index in [9.17, 15) is 14.0 Å². The van der Waals surface area contributed by atoms with Crippen LogP contribution in [0.5, 0.6) is 11.5 Å². The molecule has 1 unspecified atom stereocenters. The fourth-order valence-electron chi connectivity index (χ4n) is 3.54. The molecule has 0 radical (unpaired) electrons. The average molecular weight is 428 g/mol. The predicted molar refractivity (Wildman–Crippen MR) is 108 cm³/mol. The molecule has 31 heavy (non-hydrogen) atoms. The molecule has 2 heterocycles. The van der Waals surface area contributed by atoms with Crippen LogP contribution in [0.1, 0.15) is 18.5 Å². The van der Waals surface area contributed by atoms with Gasteiger partial charge in [-0.2, -0.15) is 0 Å². The molecule has 9 heteroatoms. The number of carbonyl (C=O) groups is 2. The molecule has 0 saturated carbocycles. The highest BCUT2D eigenvalue weighted by atomic mass is 19.1. The number of rotatable bonds is 6. The number of urea groups is 1. The minimum absolute atomic E-state index is 0.0558. The van der Waals surface area contributed by atoms with Gasteiger partial charge < -0.3 is 24.3 Å². The first-order chi connectivity index (χ1) is 15.0. The van der Waals surface area contributed by atoms with Crippen molar-refractivity contribution in [2.24, 2.45) is 0 Å². The van der Waals surface area contributed by atoms with Crippen LogP contribution >= 0.6 is 0 Å². The topological polar surface area (TPSA) is 86.3 Å². The summed E-state index contributed by atoms with van der Waals surface area (Å²) in [7, 11) is 1.50. The van der Waals surface area contributed by atoms with E-state index in [4.69, 9.17) is 18.9 Å². The molecular weight excluding hydrogens is 407 g/mol. The van der Waals surface area contributed by atoms with E-state index in [1.54, 1.807) is 25.1 Å². The van der Waals surface area contributed by atoms with Gasteiger partial charge in [0, 0.05) is 18.9 Å². The van der Waals surface area contributed by atoms with Gasteiger partial charge in [0.1, 0.15) is 12.4 Å². The smallest absolute Gasteiger partial charge is 0.338 e. The molecule has 1 atom stereocenters. The van der Waals surface area contributed by atoms with Crippen molar-refractivity contribution >= 4 is 17.7 Å². The maximum atomic E-state index is 13.4. The number of methoxy groups -OCH3 is 1. The molecule has 2 aliphatic heterocycles. The Balaban J connectivity index is 1.75. The summed E-state index contributed by atoms with van der Waals surface area (Å²) in [4.78, 5) is 27.4. The number of ether oxygens (including phenoxy) is 4. The van der Waals surface area contributed by atoms with Gasteiger partial charge in [-0.05, 0) is 36.8 Å². The lowest BCUT2D eigenvalue weighted by Gasteiger charge is -2.35. The second kappa shape index (κ2) is 8.65. The van der Waals surface area contributed by atoms with Gasteiger partial charge in [0.2, 0.25) is 6.79 Å². The SMILES string of the molecule is COCCOC(=O)C1=C(C)N(c2ccc3c(c2)OCO3)C(=O)NC1c1ccc(F)cc1. The molecule has 8 nitrogen and oxygen atoms in total. The highest BCUT2D eigenvalue weighted by Gasteiger charge is 2.37. The molecule has 0 aromatic heterocycles. The molecule has 1 N–H and O–H groups in total. The number of hydrogen-bond acceptors (Lipinski definition) is 6. The van der Waals surface area contributed by atoms with E-state index < -0.39 is 23.9 Å². The van der Waals surface area contributed by atoms with Crippen LogP contribution in [0.15, 0.2) is 53.7 Å². The lowest BCUT2D eigenvalue weighted by Crippen LogP contribution is -2.48. The molecule has 4 rings (SSSR count). The lowest BCUT2D eigenvalue weighted by atomic mass is 9.94. The second-order valence-electron chi connectivity index (χ2n) is 6.93. The third-order valence-electron chi connectivity index (χ3n) is 5.04. The quantitative estimate of drug-likeness (QED) is 0.561. The van der Waals surface area contributed by atoms with Crippen LogP contribution in [0.2, 0.25) is 0 Å². The van der Waals surface area contributed by atoms with E-state index in [1.165, 1.54) is 36.3 Å². The van der Waals surface area contributed by atoms with Gasteiger partial charge in [-0.3, -0.25) is 4.90 Å². The number of carbonyl (C=O) groups excluding carboxylic acids is 2. The van der Waals surface area contributed by atoms with Gasteiger partial charge in [-0.15, -0.1) is 0 Å². The number of nitrogens with one attached hydrogen (secondary N) is 1. The normalized spacial score (nSPS) is 17.6. The number of benzene rings is 2. The van der Waals surface area contributed by atoms with Crippen molar-refractivity contribution < 1.29 is 32.9 Å². The predicted octanol–water partition coefficient (Wildman–Crippen LogP) is 3.29. The maximum absolute atomic E-state index is 13.4. The molecule has 162 valence electrons. The molecule has 2 aromatic carbocycles. The third kappa shape index (κ3) is 4.04. The minimum Gasteiger partial charge on any atom is -0.460 e. The highest BCUT2D eigenvalue weighted by molar-refractivity contribution is 6.03. The summed E-state index contributed by atoms with van der Waals surface area (Å²) in [5, 5.41) is 2.82. The van der Waals surface area contributed by atoms with Crippen molar-refractivity contribution in [2.45, 2.75) is 13.0 Å². The molecule has 0 bridgehead atoms. The average Bonchev–Trinajstić information content (AvgIpc) is 3.22. The van der Waals surface area contributed by atoms with Crippen molar-refractivity contribution in [3.05, 3.63) is 65.1 Å². The first kappa shape index (κ1) is 20.7. The molecule has 0 saturated heterocycles. The summed E-state index contributed by atoms with van der Waals surface area (Å²) in [5.74, 6) is 0.0570. The summed E-state index contributed by atoms with van der Waals surface area (Å²) >= 11 is 0. The van der Waals surface area contributed by atoms with Gasteiger partial charge in [-0.1, -0.05) is 12.1 Å². The Morgan fingerprint density at radius 2 is 1.90 bits per heavy atom. The summed E-state index contributed by atoms with van der Waals surface area (Å²) in [6, 6.07) is 9.40. The fraction of sp³-hybridized carbons (Fsp3) is 0.273. The lowest BCUT2D eigenvalue weighted by molar-refractivity contribution is -0.140. The molecule has 2 aliphatic rings. The number of hydrogen-bond donors (Lipinski definition) is 1. The Morgan fingerprint density at radius 3 is 2.65 bits per heavy atom. The van der Waals surface area contributed by atoms with Crippen molar-refractivity contribution in [3.63, 3.8) is 0 Å². The summed E-state index contributed by atoms with van der Waals surface area (Å²) in [6.45, 7) is 2.05. The molecular formula is C22H21FN2O6. The Labute approximate surface area is 178 Å². The summed E-state index contributed by atoms with van der Waals surface area (Å²) < 4.78 is 34.4. The van der Waals surface area contributed by atoms with Gasteiger partial charge in [0.15, 0.2) is 11.5 Å². The van der Waals surface area contributed by atoms with Crippen LogP contribution in [0.4, 0.5) is 14.9 Å². The zero-order chi connectivity index (χ0) is 22.0. The van der Waals surface area contributed by atoms with Crippen LogP contribution in [0.25, 0.3) is 0 Å². The van der Waals surface area contributed by atoms with E-state index in [0.29, 0.717) is 28.4 Å². The van der Waals surface area contributed by atoms with Gasteiger partial charge >= 0.3 is 12.0 Å². The number of allylic oxidation sites excluding steroid dienone is 1. The highest BCUT2D eigenvalue weighted by Crippen LogP contribution is 2.39. The van der Waals surface area contributed by atoms with Crippen LogP contribution in [0, 0.1) is 5.82 Å². The Hall–Kier alpha value is -3.59. The second-order valence-corrected chi connectivity index (χ2v) is 6.93. The van der Waals surface area contributed by atoms with Crippen LogP contribution < -0.4 is 19.7 Å². The standard InChI is InChI=1S/C22H21FN2O6/c1-13-19(21(26)29-10-9-28-2)20(14-3-5-15(23)6-4-14)24-22(27)25(13)16-7-8-17-18(11-16)31-12-30-17/h3-8,11,20H,9-10,12H2,1-2H3,(H,24,27). The van der Waals surface area contributed by atoms with E-state index in [1.807, 2.05) is 0 Å². The van der Waals surface area contributed by atoms with Crippen LogP contribution in [-0.2, 0) is 14.3 Å². The maximum Gasteiger partial charge on any atom is 0.338 e. The fourth-order valence-corrected chi connectivity index (χ4v) is 3.54. The van der Waals surface area contributed by atoms with Crippen molar-refractivity contribution in [2.75, 3.05) is 32.0 Å². The van der Waals surface area contributed by atoms with E-state index in [0.717, 1.165) is 0 Å². The first-order valence-corrected chi connectivity index (χ1v) is 9.62. The number of esters is 1. The minimum atomic E-state index is -0.798. The monoisotopic (exact) mass is 428 g/mol. The number of halogens is 1. The van der Waals surface area contributed by atoms with Crippen molar-refractivity contribution in [1.29, 1.82) is 0 Å². The van der Waals surface area contributed by atoms with Gasteiger partial charge in [0.05, 0.1) is 23.9 Å². The van der Waals surface area contributed by atoms with Gasteiger partial charge in [0.25, 0.3) is 0 Å². The number of fused-ring (bicyclic) bond motifs is 1. The van der Waals surface area contributed by atoms with E-state index >= 15 is 0 Å². The molecule has 0 aliphatic carbocycles. The van der Waals surface area contributed by atoms with Crippen LogP contribution in [0.3, 0.4) is 0 Å². The zero-order valence-electron chi connectivity index (χ0n) is 17.0. The van der Waals surface area contributed by atoms with Gasteiger partial charge in [-0.25, -0.2) is 14.0 Å². The van der Waals surface area contributed by atoms with Crippen molar-refractivity contribution in [3.8, 4) is 11.5 Å². The van der Waals surface area contributed by atoms with E-state index in [2.05, 4.69) is 5.32 Å². The summed E-state index contributed by atoms with van der Waals surface area (Å²) in [6.07, 6.45) is 0. The molecule has 0 fully saturated rings. The number of anilines is 1. The first-order valence-electron chi connectivity index (χ1n) is 9.62.